The summed E-state index contributed by atoms with van der Waals surface area (Å²) >= 11 is 0. The first-order valence-electron chi connectivity index (χ1n) is 6.53. The SMILES string of the molecule is C[C@@]1(O)[C@H](O)[C@@H](CO)O[C@H]1N1C=C2CCOC2NC1=O. The minimum absolute atomic E-state index is 0.427. The number of ether oxygens (including phenoxy) is 2. The van der Waals surface area contributed by atoms with Gasteiger partial charge in [0.05, 0.1) is 13.2 Å². The lowest BCUT2D eigenvalue weighted by Gasteiger charge is -2.37. The van der Waals surface area contributed by atoms with Gasteiger partial charge in [-0.3, -0.25) is 4.90 Å². The minimum Gasteiger partial charge on any atom is -0.394 e. The summed E-state index contributed by atoms with van der Waals surface area (Å²) in [5, 5.41) is 32.1. The van der Waals surface area contributed by atoms with Crippen molar-refractivity contribution in [1.82, 2.24) is 10.2 Å². The van der Waals surface area contributed by atoms with Gasteiger partial charge < -0.3 is 30.1 Å². The number of fused-ring (bicyclic) bond motifs is 1. The molecule has 112 valence electrons. The van der Waals surface area contributed by atoms with Gasteiger partial charge in [-0.25, -0.2) is 4.79 Å². The van der Waals surface area contributed by atoms with E-state index in [-0.39, 0.29) is 0 Å². The van der Waals surface area contributed by atoms with Crippen molar-refractivity contribution in [2.45, 2.75) is 43.6 Å². The number of aliphatic hydroxyl groups excluding tert-OH is 2. The topological polar surface area (TPSA) is 111 Å². The van der Waals surface area contributed by atoms with Crippen LogP contribution in [-0.2, 0) is 9.47 Å². The summed E-state index contributed by atoms with van der Waals surface area (Å²) in [5.41, 5.74) is -0.792. The maximum atomic E-state index is 12.1. The summed E-state index contributed by atoms with van der Waals surface area (Å²) in [6.45, 7) is 1.46. The van der Waals surface area contributed by atoms with Crippen molar-refractivity contribution in [2.75, 3.05) is 13.2 Å². The smallest absolute Gasteiger partial charge is 0.325 e. The number of carbonyl (C=O) groups is 1. The van der Waals surface area contributed by atoms with Gasteiger partial charge in [0.25, 0.3) is 0 Å². The van der Waals surface area contributed by atoms with Crippen LogP contribution < -0.4 is 5.32 Å². The molecule has 0 aromatic rings. The van der Waals surface area contributed by atoms with Crippen LogP contribution in [0.4, 0.5) is 4.79 Å². The van der Waals surface area contributed by atoms with Crippen molar-refractivity contribution in [3.05, 3.63) is 11.8 Å². The van der Waals surface area contributed by atoms with E-state index >= 15 is 0 Å². The Labute approximate surface area is 115 Å². The average molecular weight is 286 g/mol. The predicted octanol–water partition coefficient (Wildman–Crippen LogP) is -1.53. The Kier molecular flexibility index (Phi) is 3.22. The Morgan fingerprint density at radius 1 is 1.60 bits per heavy atom. The molecule has 0 saturated carbocycles. The van der Waals surface area contributed by atoms with Crippen LogP contribution >= 0.6 is 0 Å². The molecule has 1 unspecified atom stereocenters. The standard InChI is InChI=1S/C12H18N2O6/c1-12(18)8(16)7(5-15)20-10(12)14-4-6-2-3-19-9(6)13-11(14)17/h4,7-10,15-16,18H,2-3,5H2,1H3,(H,13,17)/t7-,8-,9?,10-,12-/m1/s1. The number of nitrogens with one attached hydrogen (secondary N) is 1. The minimum atomic E-state index is -1.67. The lowest BCUT2D eigenvalue weighted by Crippen LogP contribution is -2.58. The zero-order valence-corrected chi connectivity index (χ0v) is 11.0. The first-order valence-corrected chi connectivity index (χ1v) is 6.53. The van der Waals surface area contributed by atoms with E-state index in [1.165, 1.54) is 11.8 Å². The third kappa shape index (κ3) is 1.92. The lowest BCUT2D eigenvalue weighted by atomic mass is 9.96. The van der Waals surface area contributed by atoms with Gasteiger partial charge in [-0.2, -0.15) is 0 Å². The first kappa shape index (κ1) is 13.8. The Hall–Kier alpha value is -1.19. The Bertz CT molecular complexity index is 451. The van der Waals surface area contributed by atoms with E-state index in [2.05, 4.69) is 5.32 Å². The zero-order valence-electron chi connectivity index (χ0n) is 11.0. The highest BCUT2D eigenvalue weighted by Gasteiger charge is 2.55. The van der Waals surface area contributed by atoms with Crippen LogP contribution in [0, 0.1) is 0 Å². The number of hydrogen-bond donors (Lipinski definition) is 4. The third-order valence-corrected chi connectivity index (χ3v) is 3.99. The summed E-state index contributed by atoms with van der Waals surface area (Å²) in [7, 11) is 0. The number of aliphatic hydroxyl groups is 3. The van der Waals surface area contributed by atoms with Crippen molar-refractivity contribution < 1.29 is 29.6 Å². The molecular formula is C12H18N2O6. The van der Waals surface area contributed by atoms with E-state index in [0.29, 0.717) is 13.0 Å². The molecule has 0 aromatic heterocycles. The zero-order chi connectivity index (χ0) is 14.5. The van der Waals surface area contributed by atoms with Crippen LogP contribution in [0.1, 0.15) is 13.3 Å². The molecule has 8 nitrogen and oxygen atoms in total. The highest BCUT2D eigenvalue weighted by atomic mass is 16.6. The van der Waals surface area contributed by atoms with Crippen LogP contribution in [-0.4, -0.2) is 69.7 Å². The van der Waals surface area contributed by atoms with E-state index in [1.54, 1.807) is 6.20 Å². The first-order chi connectivity index (χ1) is 9.45. The number of hydrogen-bond acceptors (Lipinski definition) is 6. The van der Waals surface area contributed by atoms with Crippen molar-refractivity contribution in [2.24, 2.45) is 0 Å². The maximum absolute atomic E-state index is 12.1. The van der Waals surface area contributed by atoms with Gasteiger partial charge in [-0.15, -0.1) is 0 Å². The summed E-state index contributed by atoms with van der Waals surface area (Å²) in [6.07, 6.45) is -1.43. The summed E-state index contributed by atoms with van der Waals surface area (Å²) in [6, 6.07) is -0.475. The van der Waals surface area contributed by atoms with Crippen LogP contribution in [0.3, 0.4) is 0 Å². The molecule has 3 heterocycles. The second-order valence-electron chi connectivity index (χ2n) is 5.44. The Morgan fingerprint density at radius 2 is 2.35 bits per heavy atom. The highest BCUT2D eigenvalue weighted by molar-refractivity contribution is 5.78. The summed E-state index contributed by atoms with van der Waals surface area (Å²) in [4.78, 5) is 13.3. The fourth-order valence-corrected chi connectivity index (χ4v) is 2.79. The van der Waals surface area contributed by atoms with Gasteiger partial charge in [0.1, 0.15) is 17.8 Å². The number of amides is 2. The second kappa shape index (κ2) is 4.68. The van der Waals surface area contributed by atoms with Gasteiger partial charge >= 0.3 is 6.03 Å². The largest absolute Gasteiger partial charge is 0.394 e. The molecule has 5 atom stereocenters. The number of rotatable bonds is 2. The molecule has 3 aliphatic heterocycles. The molecule has 0 bridgehead atoms. The number of urea groups is 1. The van der Waals surface area contributed by atoms with E-state index in [4.69, 9.17) is 14.6 Å². The lowest BCUT2D eigenvalue weighted by molar-refractivity contribution is -0.108. The van der Waals surface area contributed by atoms with E-state index in [9.17, 15) is 15.0 Å². The van der Waals surface area contributed by atoms with E-state index < -0.39 is 42.9 Å². The third-order valence-electron chi connectivity index (χ3n) is 3.99. The average Bonchev–Trinajstić information content (AvgIpc) is 2.93. The number of nitrogens with zero attached hydrogens (tertiary/aromatic N) is 1. The summed E-state index contributed by atoms with van der Waals surface area (Å²) < 4.78 is 10.8. The van der Waals surface area contributed by atoms with Gasteiger partial charge in [0.2, 0.25) is 0 Å². The molecule has 4 N–H and O–H groups in total. The molecule has 0 aromatic carbocycles. The normalized spacial score (nSPS) is 44.3. The van der Waals surface area contributed by atoms with E-state index in [0.717, 1.165) is 5.57 Å². The van der Waals surface area contributed by atoms with Crippen LogP contribution in [0.25, 0.3) is 0 Å². The molecule has 2 amide bonds. The molecule has 3 rings (SSSR count). The van der Waals surface area contributed by atoms with Crippen molar-refractivity contribution in [1.29, 1.82) is 0 Å². The Morgan fingerprint density at radius 3 is 3.00 bits per heavy atom. The quantitative estimate of drug-likeness (QED) is 0.490. The predicted molar refractivity (Wildman–Crippen MR) is 65.2 cm³/mol. The number of carbonyl (C=O) groups excluding carboxylic acids is 1. The monoisotopic (exact) mass is 286 g/mol. The fraction of sp³-hybridized carbons (Fsp3) is 0.750. The van der Waals surface area contributed by atoms with Gasteiger partial charge in [-0.1, -0.05) is 0 Å². The van der Waals surface area contributed by atoms with Crippen molar-refractivity contribution in [3.8, 4) is 0 Å². The highest BCUT2D eigenvalue weighted by Crippen LogP contribution is 2.35. The van der Waals surface area contributed by atoms with E-state index in [1.807, 2.05) is 0 Å². The molecule has 8 heteroatoms. The molecule has 0 spiro atoms. The summed E-state index contributed by atoms with van der Waals surface area (Å²) in [5.74, 6) is 0. The molecule has 2 fully saturated rings. The maximum Gasteiger partial charge on any atom is 0.325 e. The van der Waals surface area contributed by atoms with Gasteiger partial charge in [0, 0.05) is 6.20 Å². The molecule has 2 saturated heterocycles. The Balaban J connectivity index is 1.88. The molecule has 20 heavy (non-hydrogen) atoms. The van der Waals surface area contributed by atoms with Gasteiger partial charge in [-0.05, 0) is 18.9 Å². The van der Waals surface area contributed by atoms with Crippen LogP contribution in [0.15, 0.2) is 11.8 Å². The van der Waals surface area contributed by atoms with Crippen LogP contribution in [0.5, 0.6) is 0 Å². The van der Waals surface area contributed by atoms with Gasteiger partial charge in [0.15, 0.2) is 12.5 Å². The van der Waals surface area contributed by atoms with Crippen molar-refractivity contribution in [3.63, 3.8) is 0 Å². The second-order valence-corrected chi connectivity index (χ2v) is 5.44. The van der Waals surface area contributed by atoms with Crippen LogP contribution in [0.2, 0.25) is 0 Å². The molecular weight excluding hydrogens is 268 g/mol. The molecule has 0 radical (unpaired) electrons. The fourth-order valence-electron chi connectivity index (χ4n) is 2.79. The molecule has 0 aliphatic carbocycles. The molecule has 3 aliphatic rings. The van der Waals surface area contributed by atoms with Crippen molar-refractivity contribution >= 4 is 6.03 Å².